The Hall–Kier alpha value is -2.63. The van der Waals surface area contributed by atoms with Gasteiger partial charge in [-0.2, -0.15) is 0 Å². The van der Waals surface area contributed by atoms with Crippen molar-refractivity contribution in [3.05, 3.63) is 47.3 Å². The Kier molecular flexibility index (Phi) is 5.40. The largest absolute Gasteiger partial charge is 0.368 e. The van der Waals surface area contributed by atoms with E-state index in [-0.39, 0.29) is 11.9 Å². The fourth-order valence-corrected chi connectivity index (χ4v) is 3.14. The summed E-state index contributed by atoms with van der Waals surface area (Å²) in [6.07, 6.45) is 0. The van der Waals surface area contributed by atoms with Gasteiger partial charge in [0.05, 0.1) is 0 Å². The average molecular weight is 353 g/mol. The van der Waals surface area contributed by atoms with E-state index >= 15 is 0 Å². The van der Waals surface area contributed by atoms with E-state index in [4.69, 9.17) is 0 Å². The first-order valence-corrected chi connectivity index (χ1v) is 9.15. The number of aryl methyl sites for hydroxylation is 2. The summed E-state index contributed by atoms with van der Waals surface area (Å²) < 4.78 is 0. The van der Waals surface area contributed by atoms with Crippen LogP contribution < -0.4 is 15.1 Å². The first kappa shape index (κ1) is 18.2. The van der Waals surface area contributed by atoms with E-state index in [1.165, 1.54) is 11.3 Å². The molecule has 1 aromatic carbocycles. The number of hydrogen-bond donors (Lipinski definition) is 1. The molecule has 0 unspecified atom stereocenters. The van der Waals surface area contributed by atoms with Crippen LogP contribution in [0.2, 0.25) is 0 Å². The molecule has 1 amide bonds. The molecule has 6 heteroatoms. The Balaban J connectivity index is 1.71. The van der Waals surface area contributed by atoms with Crippen LogP contribution in [0, 0.1) is 13.8 Å². The molecular weight excluding hydrogens is 326 g/mol. The fraction of sp³-hybridized carbons (Fsp3) is 0.450. The van der Waals surface area contributed by atoms with E-state index in [0.29, 0.717) is 11.6 Å². The molecule has 138 valence electrons. The molecule has 0 atom stereocenters. The topological polar surface area (TPSA) is 61.4 Å². The second-order valence-electron chi connectivity index (χ2n) is 7.14. The molecule has 0 bridgehead atoms. The summed E-state index contributed by atoms with van der Waals surface area (Å²) in [4.78, 5) is 25.9. The number of carbonyl (C=O) groups is 1. The number of carbonyl (C=O) groups excluding carboxylic acids is 1. The second-order valence-corrected chi connectivity index (χ2v) is 7.14. The first-order valence-electron chi connectivity index (χ1n) is 9.15. The predicted octanol–water partition coefficient (Wildman–Crippen LogP) is 2.56. The van der Waals surface area contributed by atoms with Gasteiger partial charge in [0.2, 0.25) is 5.95 Å². The molecule has 1 aromatic heterocycles. The third-order valence-corrected chi connectivity index (χ3v) is 4.42. The molecule has 2 heterocycles. The molecule has 2 aromatic rings. The van der Waals surface area contributed by atoms with Crippen LogP contribution in [0.15, 0.2) is 30.3 Å². The van der Waals surface area contributed by atoms with Gasteiger partial charge < -0.3 is 15.1 Å². The Morgan fingerprint density at radius 1 is 1.04 bits per heavy atom. The highest BCUT2D eigenvalue weighted by Crippen LogP contribution is 2.20. The molecule has 26 heavy (non-hydrogen) atoms. The van der Waals surface area contributed by atoms with Crippen LogP contribution in [0.25, 0.3) is 0 Å². The summed E-state index contributed by atoms with van der Waals surface area (Å²) in [7, 11) is 0. The van der Waals surface area contributed by atoms with Crippen molar-refractivity contribution in [2.45, 2.75) is 33.7 Å². The maximum absolute atomic E-state index is 12.3. The van der Waals surface area contributed by atoms with E-state index in [1.807, 2.05) is 20.8 Å². The van der Waals surface area contributed by atoms with E-state index in [1.54, 1.807) is 6.07 Å². The number of aromatic nitrogens is 2. The van der Waals surface area contributed by atoms with Gasteiger partial charge in [0.15, 0.2) is 0 Å². The normalized spacial score (nSPS) is 14.7. The molecule has 1 aliphatic rings. The van der Waals surface area contributed by atoms with Crippen molar-refractivity contribution in [1.29, 1.82) is 0 Å². The summed E-state index contributed by atoms with van der Waals surface area (Å²) >= 11 is 0. The van der Waals surface area contributed by atoms with Crippen molar-refractivity contribution in [2.75, 3.05) is 36.0 Å². The van der Waals surface area contributed by atoms with Gasteiger partial charge in [-0.25, -0.2) is 9.97 Å². The van der Waals surface area contributed by atoms with Crippen LogP contribution in [0.1, 0.15) is 35.6 Å². The third-order valence-electron chi connectivity index (χ3n) is 4.42. The summed E-state index contributed by atoms with van der Waals surface area (Å²) in [6, 6.07) is 10.4. The number of nitrogens with one attached hydrogen (secondary N) is 1. The summed E-state index contributed by atoms with van der Waals surface area (Å²) in [5.41, 5.74) is 3.77. The van der Waals surface area contributed by atoms with Crippen LogP contribution in [-0.4, -0.2) is 48.1 Å². The van der Waals surface area contributed by atoms with Crippen LogP contribution in [-0.2, 0) is 0 Å². The van der Waals surface area contributed by atoms with Crippen molar-refractivity contribution in [1.82, 2.24) is 15.3 Å². The summed E-state index contributed by atoms with van der Waals surface area (Å²) in [5.74, 6) is 0.493. The quantitative estimate of drug-likeness (QED) is 0.915. The molecule has 1 fully saturated rings. The van der Waals surface area contributed by atoms with Crippen LogP contribution >= 0.6 is 0 Å². The van der Waals surface area contributed by atoms with Crippen LogP contribution in [0.3, 0.4) is 0 Å². The average Bonchev–Trinajstić information content (AvgIpc) is 2.61. The lowest BCUT2D eigenvalue weighted by Gasteiger charge is -2.36. The van der Waals surface area contributed by atoms with Crippen molar-refractivity contribution < 1.29 is 4.79 Å². The maximum Gasteiger partial charge on any atom is 0.270 e. The summed E-state index contributed by atoms with van der Waals surface area (Å²) in [6.45, 7) is 11.4. The molecule has 1 saturated heterocycles. The lowest BCUT2D eigenvalue weighted by atomic mass is 10.2. The minimum Gasteiger partial charge on any atom is -0.368 e. The molecule has 0 saturated carbocycles. The molecule has 0 aliphatic carbocycles. The van der Waals surface area contributed by atoms with E-state index < -0.39 is 0 Å². The molecule has 1 N–H and O–H groups in total. The second kappa shape index (κ2) is 7.72. The Labute approximate surface area is 155 Å². The molecule has 0 radical (unpaired) electrons. The highest BCUT2D eigenvalue weighted by Gasteiger charge is 2.21. The monoisotopic (exact) mass is 353 g/mol. The zero-order valence-corrected chi connectivity index (χ0v) is 16.0. The van der Waals surface area contributed by atoms with Gasteiger partial charge in [-0.15, -0.1) is 0 Å². The first-order chi connectivity index (χ1) is 12.4. The molecule has 3 rings (SSSR count). The van der Waals surface area contributed by atoms with Gasteiger partial charge in [-0.3, -0.25) is 4.79 Å². The smallest absolute Gasteiger partial charge is 0.270 e. The molecule has 1 aliphatic heterocycles. The highest BCUT2D eigenvalue weighted by molar-refractivity contribution is 5.92. The lowest BCUT2D eigenvalue weighted by molar-refractivity contribution is 0.0938. The minimum absolute atomic E-state index is 0.0825. The van der Waals surface area contributed by atoms with Gasteiger partial charge in [0, 0.05) is 43.6 Å². The van der Waals surface area contributed by atoms with Crippen molar-refractivity contribution >= 4 is 17.5 Å². The molecule has 6 nitrogen and oxygen atoms in total. The Bertz CT molecular complexity index is 782. The summed E-state index contributed by atoms with van der Waals surface area (Å²) in [5, 5.41) is 2.89. The predicted molar refractivity (Wildman–Crippen MR) is 105 cm³/mol. The van der Waals surface area contributed by atoms with Gasteiger partial charge in [-0.05, 0) is 51.5 Å². The third kappa shape index (κ3) is 4.31. The maximum atomic E-state index is 12.3. The number of benzene rings is 1. The van der Waals surface area contributed by atoms with Gasteiger partial charge in [-0.1, -0.05) is 12.1 Å². The van der Waals surface area contributed by atoms with Crippen molar-refractivity contribution in [3.8, 4) is 0 Å². The SMILES string of the molecule is Cc1cccc(N2CCN(c3nc(C)cc(C(=O)NC(C)C)n3)CC2)c1. The number of hydrogen-bond acceptors (Lipinski definition) is 5. The number of amides is 1. The Morgan fingerprint density at radius 3 is 2.38 bits per heavy atom. The van der Waals surface area contributed by atoms with Gasteiger partial charge in [0.1, 0.15) is 5.69 Å². The van der Waals surface area contributed by atoms with Crippen LogP contribution in [0.4, 0.5) is 11.6 Å². The molecular formula is C20H27N5O. The van der Waals surface area contributed by atoms with Crippen molar-refractivity contribution in [3.63, 3.8) is 0 Å². The van der Waals surface area contributed by atoms with Gasteiger partial charge in [0.25, 0.3) is 5.91 Å². The fourth-order valence-electron chi connectivity index (χ4n) is 3.14. The zero-order valence-electron chi connectivity index (χ0n) is 16.0. The number of piperazine rings is 1. The standard InChI is InChI=1S/C20H27N5O/c1-14(2)21-19(26)18-13-16(4)22-20(23-18)25-10-8-24(9-11-25)17-7-5-6-15(3)12-17/h5-7,12-14H,8-11H2,1-4H3,(H,21,26). The number of anilines is 2. The lowest BCUT2D eigenvalue weighted by Crippen LogP contribution is -2.47. The molecule has 0 spiro atoms. The van der Waals surface area contributed by atoms with Crippen molar-refractivity contribution in [2.24, 2.45) is 0 Å². The van der Waals surface area contributed by atoms with Crippen LogP contribution in [0.5, 0.6) is 0 Å². The Morgan fingerprint density at radius 2 is 1.73 bits per heavy atom. The highest BCUT2D eigenvalue weighted by atomic mass is 16.1. The number of nitrogens with zero attached hydrogens (tertiary/aromatic N) is 4. The van der Waals surface area contributed by atoms with E-state index in [2.05, 4.69) is 56.3 Å². The zero-order chi connectivity index (χ0) is 18.7. The van der Waals surface area contributed by atoms with Gasteiger partial charge >= 0.3 is 0 Å². The van der Waals surface area contributed by atoms with E-state index in [0.717, 1.165) is 31.9 Å². The van der Waals surface area contributed by atoms with E-state index in [9.17, 15) is 4.79 Å². The minimum atomic E-state index is -0.148. The number of rotatable bonds is 4.